The summed E-state index contributed by atoms with van der Waals surface area (Å²) in [5.74, 6) is -3.42. The normalized spacial score (nSPS) is 19.5. The van der Waals surface area contributed by atoms with Crippen LogP contribution in [0.1, 0.15) is 44.2 Å². The molecule has 2 heterocycles. The van der Waals surface area contributed by atoms with E-state index in [0.717, 1.165) is 0 Å². The predicted octanol–water partition coefficient (Wildman–Crippen LogP) is 2.12. The van der Waals surface area contributed by atoms with E-state index in [4.69, 9.17) is 9.47 Å². The van der Waals surface area contributed by atoms with Gasteiger partial charge in [-0.25, -0.2) is 14.6 Å². The van der Waals surface area contributed by atoms with Crippen LogP contribution in [0.4, 0.5) is 0 Å². The monoisotopic (exact) mass is 459 g/mol. The Labute approximate surface area is 195 Å². The minimum atomic E-state index is -0.925. The van der Waals surface area contributed by atoms with E-state index < -0.39 is 35.8 Å². The molecule has 0 radical (unpaired) electrons. The Kier molecular flexibility index (Phi) is 6.92. The Hall–Kier alpha value is -4.53. The first-order chi connectivity index (χ1) is 16.5. The summed E-state index contributed by atoms with van der Waals surface area (Å²) in [7, 11) is 0. The van der Waals surface area contributed by atoms with Crippen LogP contribution in [0.5, 0.6) is 0 Å². The second kappa shape index (κ2) is 10.4. The molecule has 172 valence electrons. The number of hydrogen-bond acceptors (Lipinski definition) is 7. The van der Waals surface area contributed by atoms with Crippen LogP contribution in [-0.4, -0.2) is 42.0 Å². The number of benzene rings is 2. The zero-order chi connectivity index (χ0) is 23.9. The Morgan fingerprint density at radius 3 is 1.41 bits per heavy atom. The van der Waals surface area contributed by atoms with E-state index >= 15 is 0 Å². The summed E-state index contributed by atoms with van der Waals surface area (Å²) >= 11 is 0. The minimum Gasteiger partial charge on any atom is -0.458 e. The highest BCUT2D eigenvalue weighted by atomic mass is 16.5. The molecule has 34 heavy (non-hydrogen) atoms. The third kappa shape index (κ3) is 5.44. The average Bonchev–Trinajstić information content (AvgIpc) is 2.89. The topological polar surface area (TPSA) is 124 Å². The number of pyridine rings is 1. The van der Waals surface area contributed by atoms with E-state index in [0.29, 0.717) is 11.1 Å². The van der Waals surface area contributed by atoms with Gasteiger partial charge in [0.25, 0.3) is 0 Å². The Morgan fingerprint density at radius 2 is 1.00 bits per heavy atom. The SMILES string of the molecule is O=C1N[C@@H](c2ccccc2)COC(=O)c2cccc(n2)C(=O)OC[C@H](c2ccccc2)NC1=O. The number of cyclic esters (lactones) is 2. The lowest BCUT2D eigenvalue weighted by atomic mass is 10.1. The maximum atomic E-state index is 12.7. The van der Waals surface area contributed by atoms with Gasteiger partial charge >= 0.3 is 23.8 Å². The fourth-order valence-electron chi connectivity index (χ4n) is 3.39. The molecule has 2 N–H and O–H groups in total. The number of nitrogens with zero attached hydrogens (tertiary/aromatic N) is 1. The van der Waals surface area contributed by atoms with E-state index in [1.807, 2.05) is 0 Å². The molecule has 2 bridgehead atoms. The van der Waals surface area contributed by atoms with E-state index in [2.05, 4.69) is 15.6 Å². The molecule has 0 spiro atoms. The fraction of sp³-hybridized carbons (Fsp3) is 0.160. The molecule has 0 saturated carbocycles. The lowest BCUT2D eigenvalue weighted by Gasteiger charge is -2.21. The van der Waals surface area contributed by atoms with Gasteiger partial charge in [0.1, 0.15) is 24.6 Å². The second-order valence-electron chi connectivity index (χ2n) is 7.48. The summed E-state index contributed by atoms with van der Waals surface area (Å²) in [6.07, 6.45) is 0. The maximum Gasteiger partial charge on any atom is 0.357 e. The van der Waals surface area contributed by atoms with Crippen molar-refractivity contribution in [1.82, 2.24) is 15.6 Å². The molecule has 0 fully saturated rings. The van der Waals surface area contributed by atoms with Crippen LogP contribution in [-0.2, 0) is 19.1 Å². The molecule has 2 amide bonds. The number of rotatable bonds is 2. The lowest BCUT2D eigenvalue weighted by molar-refractivity contribution is -0.140. The molecule has 4 rings (SSSR count). The molecule has 1 aromatic heterocycles. The van der Waals surface area contributed by atoms with Crippen LogP contribution in [0.2, 0.25) is 0 Å². The summed E-state index contributed by atoms with van der Waals surface area (Å²) in [5.41, 5.74) is 1.11. The summed E-state index contributed by atoms with van der Waals surface area (Å²) in [4.78, 5) is 54.6. The lowest BCUT2D eigenvalue weighted by Crippen LogP contribution is -2.44. The third-order valence-corrected chi connectivity index (χ3v) is 5.15. The van der Waals surface area contributed by atoms with Crippen LogP contribution in [0.15, 0.2) is 78.9 Å². The van der Waals surface area contributed by atoms with Gasteiger partial charge in [-0.3, -0.25) is 9.59 Å². The van der Waals surface area contributed by atoms with Crippen LogP contribution in [0, 0.1) is 0 Å². The summed E-state index contributed by atoms with van der Waals surface area (Å²) in [5, 5.41) is 5.21. The number of nitrogens with one attached hydrogen (secondary N) is 2. The van der Waals surface area contributed by atoms with Crippen LogP contribution in [0.25, 0.3) is 0 Å². The first-order valence-corrected chi connectivity index (χ1v) is 10.5. The van der Waals surface area contributed by atoms with Crippen LogP contribution < -0.4 is 10.6 Å². The molecule has 0 saturated heterocycles. The van der Waals surface area contributed by atoms with Gasteiger partial charge in [-0.2, -0.15) is 0 Å². The first-order valence-electron chi connectivity index (χ1n) is 10.5. The largest absolute Gasteiger partial charge is 0.458 e. The van der Waals surface area contributed by atoms with Gasteiger partial charge in [0, 0.05) is 0 Å². The van der Waals surface area contributed by atoms with Gasteiger partial charge in [-0.1, -0.05) is 66.7 Å². The highest BCUT2D eigenvalue weighted by molar-refractivity contribution is 6.35. The van der Waals surface area contributed by atoms with Gasteiger partial charge in [0.05, 0.1) is 12.1 Å². The number of carbonyl (C=O) groups excluding carboxylic acids is 4. The highest BCUT2D eigenvalue weighted by Crippen LogP contribution is 2.17. The Morgan fingerprint density at radius 1 is 0.588 bits per heavy atom. The zero-order valence-electron chi connectivity index (χ0n) is 18.0. The van der Waals surface area contributed by atoms with Crippen molar-refractivity contribution in [1.29, 1.82) is 0 Å². The van der Waals surface area contributed by atoms with E-state index in [1.165, 1.54) is 18.2 Å². The third-order valence-electron chi connectivity index (χ3n) is 5.15. The molecule has 2 atom stereocenters. The quantitative estimate of drug-likeness (QED) is 0.444. The van der Waals surface area contributed by atoms with E-state index in [1.54, 1.807) is 60.7 Å². The number of fused-ring (bicyclic) bond motifs is 2. The zero-order valence-corrected chi connectivity index (χ0v) is 18.0. The van der Waals surface area contributed by atoms with Gasteiger partial charge in [-0.15, -0.1) is 0 Å². The van der Waals surface area contributed by atoms with Crippen molar-refractivity contribution >= 4 is 23.8 Å². The Bertz CT molecular complexity index is 1110. The van der Waals surface area contributed by atoms with Crippen molar-refractivity contribution in [2.75, 3.05) is 13.2 Å². The molecule has 1 aliphatic heterocycles. The molecule has 1 aliphatic rings. The fourth-order valence-corrected chi connectivity index (χ4v) is 3.39. The van der Waals surface area contributed by atoms with Crippen molar-refractivity contribution in [3.63, 3.8) is 0 Å². The summed E-state index contributed by atoms with van der Waals surface area (Å²) in [6, 6.07) is 20.3. The van der Waals surface area contributed by atoms with Crippen molar-refractivity contribution in [3.05, 3.63) is 101 Å². The molecule has 0 aliphatic carbocycles. The van der Waals surface area contributed by atoms with Gasteiger partial charge in [-0.05, 0) is 23.3 Å². The molecule has 9 heteroatoms. The number of aromatic nitrogens is 1. The first kappa shape index (κ1) is 22.7. The predicted molar refractivity (Wildman–Crippen MR) is 119 cm³/mol. The van der Waals surface area contributed by atoms with E-state index in [-0.39, 0.29) is 24.6 Å². The molecule has 2 aromatic carbocycles. The van der Waals surface area contributed by atoms with Crippen LogP contribution in [0.3, 0.4) is 0 Å². The highest BCUT2D eigenvalue weighted by Gasteiger charge is 2.26. The maximum absolute atomic E-state index is 12.7. The number of carbonyl (C=O) groups is 4. The number of amides is 2. The molecular formula is C25H21N3O6. The van der Waals surface area contributed by atoms with Crippen molar-refractivity contribution in [2.24, 2.45) is 0 Å². The molecule has 3 aromatic rings. The van der Waals surface area contributed by atoms with E-state index in [9.17, 15) is 19.2 Å². The number of esters is 2. The summed E-state index contributed by atoms with van der Waals surface area (Å²) < 4.78 is 10.7. The standard InChI is InChI=1S/C25H21N3O6/c29-22-23(30)28-21(17-10-5-2-6-11-17)15-34-25(32)19-13-7-12-18(26-19)24(31)33-14-20(27-22)16-8-3-1-4-9-16/h1-13,20-21H,14-15H2,(H,27,29)(H,28,30)/t20-,21-/m1/s1. The number of ether oxygens (including phenoxy) is 2. The second-order valence-corrected chi connectivity index (χ2v) is 7.48. The average molecular weight is 459 g/mol. The van der Waals surface area contributed by atoms with Crippen molar-refractivity contribution in [3.8, 4) is 0 Å². The molecular weight excluding hydrogens is 438 g/mol. The van der Waals surface area contributed by atoms with Crippen molar-refractivity contribution < 1.29 is 28.7 Å². The molecule has 0 unspecified atom stereocenters. The summed E-state index contributed by atoms with van der Waals surface area (Å²) in [6.45, 7) is -0.499. The Balaban J connectivity index is 1.67. The van der Waals surface area contributed by atoms with Crippen molar-refractivity contribution in [2.45, 2.75) is 12.1 Å². The van der Waals surface area contributed by atoms with Gasteiger partial charge in [0.15, 0.2) is 0 Å². The molecule has 9 nitrogen and oxygen atoms in total. The number of hydrogen-bond donors (Lipinski definition) is 2. The smallest absolute Gasteiger partial charge is 0.357 e. The van der Waals surface area contributed by atoms with Gasteiger partial charge < -0.3 is 20.1 Å². The van der Waals surface area contributed by atoms with Gasteiger partial charge in [0.2, 0.25) is 0 Å². The van der Waals surface area contributed by atoms with Crippen LogP contribution >= 0.6 is 0 Å². The minimum absolute atomic E-state index is 0.0868.